The molecule has 1 aliphatic heterocycles. The largest absolute Gasteiger partial charge is 0.343 e. The van der Waals surface area contributed by atoms with E-state index in [0.29, 0.717) is 23.3 Å². The van der Waals surface area contributed by atoms with Gasteiger partial charge in [-0.05, 0) is 69.4 Å². The molecular weight excluding hydrogens is 248 g/mol. The number of hydrogen-bond donors (Lipinski definition) is 1. The number of amides is 1. The summed E-state index contributed by atoms with van der Waals surface area (Å²) in [4.78, 5) is 14.9. The van der Waals surface area contributed by atoms with Gasteiger partial charge in [0.05, 0.1) is 0 Å². The molecule has 1 atom stereocenters. The van der Waals surface area contributed by atoms with E-state index in [9.17, 15) is 4.79 Å². The Kier molecular flexibility index (Phi) is 4.07. The monoisotopic (exact) mass is 278 g/mol. The zero-order chi connectivity index (χ0) is 14.2. The fourth-order valence-electron chi connectivity index (χ4n) is 4.54. The summed E-state index contributed by atoms with van der Waals surface area (Å²) in [7, 11) is 2.06. The van der Waals surface area contributed by atoms with Crippen molar-refractivity contribution in [3.8, 4) is 0 Å². The number of carbonyl (C=O) groups is 1. The normalized spacial score (nSPS) is 35.8. The van der Waals surface area contributed by atoms with Gasteiger partial charge in [0.25, 0.3) is 0 Å². The van der Waals surface area contributed by atoms with Crippen LogP contribution in [-0.2, 0) is 4.79 Å². The van der Waals surface area contributed by atoms with Crippen molar-refractivity contribution in [3.63, 3.8) is 0 Å². The molecule has 20 heavy (non-hydrogen) atoms. The predicted molar refractivity (Wildman–Crippen MR) is 81.5 cm³/mol. The van der Waals surface area contributed by atoms with E-state index in [1.54, 1.807) is 0 Å². The van der Waals surface area contributed by atoms with Gasteiger partial charge in [0.2, 0.25) is 5.91 Å². The Labute approximate surface area is 123 Å². The fraction of sp³-hybridized carbons (Fsp3) is 0.941. The first kappa shape index (κ1) is 14.4. The number of rotatable bonds is 3. The summed E-state index contributed by atoms with van der Waals surface area (Å²) in [6.45, 7) is 4.51. The second kappa shape index (κ2) is 5.67. The number of piperidine rings is 1. The minimum Gasteiger partial charge on any atom is -0.343 e. The van der Waals surface area contributed by atoms with Gasteiger partial charge in [0, 0.05) is 19.0 Å². The number of hydrogen-bond acceptors (Lipinski definition) is 2. The molecule has 0 radical (unpaired) electrons. The first-order valence-corrected chi connectivity index (χ1v) is 8.63. The third-order valence-corrected chi connectivity index (χ3v) is 6.38. The van der Waals surface area contributed by atoms with Gasteiger partial charge in [-0.3, -0.25) is 4.79 Å². The molecule has 1 spiro atoms. The average molecular weight is 278 g/mol. The lowest BCUT2D eigenvalue weighted by atomic mass is 9.83. The summed E-state index contributed by atoms with van der Waals surface area (Å²) in [5, 5.41) is 3.42. The maximum absolute atomic E-state index is 12.7. The predicted octanol–water partition coefficient (Wildman–Crippen LogP) is 2.80. The van der Waals surface area contributed by atoms with Crippen LogP contribution in [0, 0.1) is 17.3 Å². The van der Waals surface area contributed by atoms with E-state index in [1.165, 1.54) is 44.9 Å². The summed E-state index contributed by atoms with van der Waals surface area (Å²) in [5.41, 5.74) is 0.386. The molecule has 3 rings (SSSR count). The first-order valence-electron chi connectivity index (χ1n) is 8.63. The molecule has 3 nitrogen and oxygen atoms in total. The van der Waals surface area contributed by atoms with Gasteiger partial charge in [0.1, 0.15) is 0 Å². The number of nitrogens with zero attached hydrogens (tertiary/aromatic N) is 1. The fourth-order valence-corrected chi connectivity index (χ4v) is 4.54. The maximum atomic E-state index is 12.7. The van der Waals surface area contributed by atoms with E-state index in [4.69, 9.17) is 0 Å². The van der Waals surface area contributed by atoms with Crippen molar-refractivity contribution in [1.82, 2.24) is 10.2 Å². The lowest BCUT2D eigenvalue weighted by Crippen LogP contribution is -2.42. The van der Waals surface area contributed by atoms with Crippen LogP contribution >= 0.6 is 0 Å². The van der Waals surface area contributed by atoms with E-state index < -0.39 is 0 Å². The van der Waals surface area contributed by atoms with Gasteiger partial charge >= 0.3 is 0 Å². The third-order valence-electron chi connectivity index (χ3n) is 6.38. The molecule has 1 amide bonds. The van der Waals surface area contributed by atoms with Gasteiger partial charge in [-0.2, -0.15) is 0 Å². The minimum atomic E-state index is 0.346. The topological polar surface area (TPSA) is 32.3 Å². The van der Waals surface area contributed by atoms with Crippen LogP contribution in [0.4, 0.5) is 0 Å². The van der Waals surface area contributed by atoms with Crippen molar-refractivity contribution >= 4 is 5.91 Å². The quantitative estimate of drug-likeness (QED) is 0.861. The van der Waals surface area contributed by atoms with E-state index in [-0.39, 0.29) is 0 Å². The molecule has 0 aromatic rings. The summed E-state index contributed by atoms with van der Waals surface area (Å²) in [5.74, 6) is 1.71. The van der Waals surface area contributed by atoms with Gasteiger partial charge < -0.3 is 10.2 Å². The van der Waals surface area contributed by atoms with Crippen molar-refractivity contribution in [2.24, 2.45) is 17.3 Å². The maximum Gasteiger partial charge on any atom is 0.226 e. The Hall–Kier alpha value is -0.570. The van der Waals surface area contributed by atoms with E-state index in [0.717, 1.165) is 25.4 Å². The SMILES string of the molecule is CCC1CCC(N(C)C(=O)C2CC23CCNCC3)CC1. The average Bonchev–Trinajstić information content (AvgIpc) is 3.19. The van der Waals surface area contributed by atoms with Crippen LogP contribution in [-0.4, -0.2) is 37.0 Å². The van der Waals surface area contributed by atoms with Crippen LogP contribution < -0.4 is 5.32 Å². The molecule has 0 aromatic heterocycles. The minimum absolute atomic E-state index is 0.346. The Bertz CT molecular complexity index is 354. The van der Waals surface area contributed by atoms with Crippen molar-refractivity contribution in [2.45, 2.75) is 64.3 Å². The van der Waals surface area contributed by atoms with E-state index in [1.807, 2.05) is 0 Å². The molecular formula is C17H30N2O. The smallest absolute Gasteiger partial charge is 0.226 e. The van der Waals surface area contributed by atoms with E-state index in [2.05, 4.69) is 24.2 Å². The van der Waals surface area contributed by atoms with Gasteiger partial charge in [0.15, 0.2) is 0 Å². The zero-order valence-electron chi connectivity index (χ0n) is 13.2. The van der Waals surface area contributed by atoms with Crippen molar-refractivity contribution in [1.29, 1.82) is 0 Å². The molecule has 3 fully saturated rings. The molecule has 3 aliphatic rings. The highest BCUT2D eigenvalue weighted by Crippen LogP contribution is 2.59. The zero-order valence-corrected chi connectivity index (χ0v) is 13.2. The van der Waals surface area contributed by atoms with Gasteiger partial charge in [-0.1, -0.05) is 13.3 Å². The van der Waals surface area contributed by atoms with Crippen LogP contribution in [0.3, 0.4) is 0 Å². The molecule has 0 bridgehead atoms. The highest BCUT2D eigenvalue weighted by molar-refractivity contribution is 5.82. The summed E-state index contributed by atoms with van der Waals surface area (Å²) in [6, 6.07) is 0.518. The third kappa shape index (κ3) is 2.61. The van der Waals surface area contributed by atoms with Crippen molar-refractivity contribution < 1.29 is 4.79 Å². The highest BCUT2D eigenvalue weighted by Gasteiger charge is 2.58. The van der Waals surface area contributed by atoms with Gasteiger partial charge in [-0.25, -0.2) is 0 Å². The number of carbonyl (C=O) groups excluding carboxylic acids is 1. The van der Waals surface area contributed by atoms with Crippen LogP contribution in [0.15, 0.2) is 0 Å². The lowest BCUT2D eigenvalue weighted by Gasteiger charge is -2.35. The van der Waals surface area contributed by atoms with Crippen LogP contribution in [0.1, 0.15) is 58.3 Å². The standard InChI is InChI=1S/C17H30N2O/c1-3-13-4-6-14(7-5-13)19(2)16(20)15-12-17(15)8-10-18-11-9-17/h13-15,18H,3-12H2,1-2H3. The summed E-state index contributed by atoms with van der Waals surface area (Å²) in [6.07, 6.45) is 9.96. The Morgan fingerprint density at radius 3 is 2.45 bits per heavy atom. The number of nitrogens with one attached hydrogen (secondary N) is 1. The van der Waals surface area contributed by atoms with Crippen molar-refractivity contribution in [3.05, 3.63) is 0 Å². The molecule has 3 heteroatoms. The van der Waals surface area contributed by atoms with E-state index >= 15 is 0 Å². The highest BCUT2D eigenvalue weighted by atomic mass is 16.2. The van der Waals surface area contributed by atoms with Crippen molar-refractivity contribution in [2.75, 3.05) is 20.1 Å². The van der Waals surface area contributed by atoms with Crippen LogP contribution in [0.2, 0.25) is 0 Å². The molecule has 0 aromatic carbocycles. The van der Waals surface area contributed by atoms with Gasteiger partial charge in [-0.15, -0.1) is 0 Å². The lowest BCUT2D eigenvalue weighted by molar-refractivity contribution is -0.135. The Balaban J connectivity index is 1.53. The van der Waals surface area contributed by atoms with Crippen LogP contribution in [0.25, 0.3) is 0 Å². The first-order chi connectivity index (χ1) is 9.66. The second-order valence-electron chi connectivity index (χ2n) is 7.40. The molecule has 1 saturated heterocycles. The summed E-state index contributed by atoms with van der Waals surface area (Å²) >= 11 is 0. The summed E-state index contributed by atoms with van der Waals surface area (Å²) < 4.78 is 0. The molecule has 1 unspecified atom stereocenters. The molecule has 114 valence electrons. The second-order valence-corrected chi connectivity index (χ2v) is 7.40. The molecule has 1 N–H and O–H groups in total. The molecule has 2 aliphatic carbocycles. The Morgan fingerprint density at radius 1 is 1.20 bits per heavy atom. The molecule has 2 saturated carbocycles. The Morgan fingerprint density at radius 2 is 1.85 bits per heavy atom. The van der Waals surface area contributed by atoms with Crippen LogP contribution in [0.5, 0.6) is 0 Å². The molecule has 1 heterocycles.